The minimum atomic E-state index is -0.709. The van der Waals surface area contributed by atoms with Crippen molar-refractivity contribution in [3.63, 3.8) is 0 Å². The predicted molar refractivity (Wildman–Crippen MR) is 80.5 cm³/mol. The van der Waals surface area contributed by atoms with Gasteiger partial charge in [-0.2, -0.15) is 0 Å². The van der Waals surface area contributed by atoms with Crippen LogP contribution in [0.5, 0.6) is 0 Å². The highest BCUT2D eigenvalue weighted by atomic mass is 16.6. The van der Waals surface area contributed by atoms with Crippen LogP contribution in [0.25, 0.3) is 0 Å². The topological polar surface area (TPSA) is 57.5 Å². The van der Waals surface area contributed by atoms with Gasteiger partial charge >= 0.3 is 5.97 Å². The summed E-state index contributed by atoms with van der Waals surface area (Å²) >= 11 is 0. The Morgan fingerprint density at radius 2 is 2.10 bits per heavy atom. The van der Waals surface area contributed by atoms with Crippen molar-refractivity contribution in [1.82, 2.24) is 4.57 Å². The van der Waals surface area contributed by atoms with E-state index in [2.05, 4.69) is 6.58 Å². The molecule has 0 bridgehead atoms. The molecule has 1 aromatic rings. The average molecular weight is 293 g/mol. The number of carbonyl (C=O) groups excluding carboxylic acids is 2. The van der Waals surface area contributed by atoms with Gasteiger partial charge in [-0.3, -0.25) is 4.79 Å². The molecule has 1 rings (SSSR count). The van der Waals surface area contributed by atoms with E-state index in [9.17, 15) is 9.59 Å². The van der Waals surface area contributed by atoms with Crippen LogP contribution in [-0.2, 0) is 20.8 Å². The first-order valence-corrected chi connectivity index (χ1v) is 7.01. The van der Waals surface area contributed by atoms with E-state index in [1.165, 1.54) is 0 Å². The molecule has 116 valence electrons. The number of aromatic nitrogens is 1. The van der Waals surface area contributed by atoms with Crippen molar-refractivity contribution in [2.24, 2.45) is 0 Å². The molecule has 21 heavy (non-hydrogen) atoms. The Morgan fingerprint density at radius 3 is 2.62 bits per heavy atom. The van der Waals surface area contributed by atoms with Gasteiger partial charge in [0.25, 0.3) is 0 Å². The van der Waals surface area contributed by atoms with E-state index >= 15 is 0 Å². The van der Waals surface area contributed by atoms with E-state index in [1.54, 1.807) is 13.0 Å². The monoisotopic (exact) mass is 293 g/mol. The van der Waals surface area contributed by atoms with E-state index in [-0.39, 0.29) is 19.0 Å². The maximum absolute atomic E-state index is 12.1. The number of esters is 1. The molecule has 5 nitrogen and oxygen atoms in total. The fourth-order valence-corrected chi connectivity index (χ4v) is 2.18. The number of hydrogen-bond acceptors (Lipinski definition) is 4. The number of nitrogens with zero attached hydrogens (tertiary/aromatic N) is 1. The van der Waals surface area contributed by atoms with Crippen molar-refractivity contribution in [3.05, 3.63) is 35.7 Å². The lowest BCUT2D eigenvalue weighted by Crippen LogP contribution is -2.26. The highest BCUT2D eigenvalue weighted by Gasteiger charge is 2.19. The summed E-state index contributed by atoms with van der Waals surface area (Å²) in [7, 11) is 0. The van der Waals surface area contributed by atoms with Crippen LogP contribution < -0.4 is 0 Å². The third kappa shape index (κ3) is 4.29. The lowest BCUT2D eigenvalue weighted by molar-refractivity contribution is -0.154. The van der Waals surface area contributed by atoms with Gasteiger partial charge in [-0.1, -0.05) is 6.08 Å². The number of rotatable bonds is 8. The fourth-order valence-electron chi connectivity index (χ4n) is 2.18. The molecule has 0 radical (unpaired) electrons. The molecule has 1 unspecified atom stereocenters. The predicted octanol–water partition coefficient (Wildman–Crippen LogP) is 2.44. The molecule has 0 amide bonds. The van der Waals surface area contributed by atoms with Gasteiger partial charge in [0.05, 0.1) is 6.61 Å². The summed E-state index contributed by atoms with van der Waals surface area (Å²) in [6.45, 7) is 11.7. The van der Waals surface area contributed by atoms with Crippen molar-refractivity contribution in [2.45, 2.75) is 40.3 Å². The van der Waals surface area contributed by atoms with Gasteiger partial charge in [-0.25, -0.2) is 4.79 Å². The second kappa shape index (κ2) is 7.78. The number of aryl methyl sites for hydroxylation is 1. The van der Waals surface area contributed by atoms with Crippen LogP contribution in [0, 0.1) is 13.8 Å². The van der Waals surface area contributed by atoms with Crippen LogP contribution in [0.1, 0.15) is 35.6 Å². The standard InChI is InChI=1S/C16H23NO4/c1-6-8-20-13(5)16(19)21-10-15(18)14-9-11(3)17(7-2)12(14)4/h6,9,13H,1,7-8,10H2,2-5H3. The van der Waals surface area contributed by atoms with Gasteiger partial charge in [0.2, 0.25) is 5.78 Å². The maximum Gasteiger partial charge on any atom is 0.335 e. The summed E-state index contributed by atoms with van der Waals surface area (Å²) in [6, 6.07) is 1.83. The summed E-state index contributed by atoms with van der Waals surface area (Å²) in [5.41, 5.74) is 2.51. The molecule has 1 heterocycles. The number of ether oxygens (including phenoxy) is 2. The van der Waals surface area contributed by atoms with E-state index in [0.717, 1.165) is 17.9 Å². The van der Waals surface area contributed by atoms with Crippen LogP contribution >= 0.6 is 0 Å². The normalized spacial score (nSPS) is 12.0. The van der Waals surface area contributed by atoms with Crippen LogP contribution in [0.15, 0.2) is 18.7 Å². The van der Waals surface area contributed by atoms with Crippen LogP contribution in [-0.4, -0.2) is 35.6 Å². The van der Waals surface area contributed by atoms with Gasteiger partial charge in [0.15, 0.2) is 12.7 Å². The molecule has 0 spiro atoms. The van der Waals surface area contributed by atoms with Crippen molar-refractivity contribution in [2.75, 3.05) is 13.2 Å². The summed E-state index contributed by atoms with van der Waals surface area (Å²) in [5, 5.41) is 0. The van der Waals surface area contributed by atoms with E-state index in [1.807, 2.05) is 31.4 Å². The highest BCUT2D eigenvalue weighted by Crippen LogP contribution is 2.15. The molecule has 0 fully saturated rings. The number of hydrogen-bond donors (Lipinski definition) is 0. The zero-order valence-corrected chi connectivity index (χ0v) is 13.1. The first kappa shape index (κ1) is 17.2. The number of ketones is 1. The molecule has 1 aromatic heterocycles. The first-order valence-electron chi connectivity index (χ1n) is 7.01. The lowest BCUT2D eigenvalue weighted by atomic mass is 10.1. The maximum atomic E-state index is 12.1. The molecule has 0 saturated heterocycles. The van der Waals surface area contributed by atoms with Gasteiger partial charge < -0.3 is 14.0 Å². The molecule has 0 aliphatic heterocycles. The third-order valence-electron chi connectivity index (χ3n) is 3.33. The second-order valence-electron chi connectivity index (χ2n) is 4.82. The summed E-state index contributed by atoms with van der Waals surface area (Å²) in [4.78, 5) is 23.8. The van der Waals surface area contributed by atoms with Gasteiger partial charge in [-0.05, 0) is 33.8 Å². The van der Waals surface area contributed by atoms with Crippen LogP contribution in [0.2, 0.25) is 0 Å². The zero-order chi connectivity index (χ0) is 16.0. The molecular formula is C16H23NO4. The Bertz CT molecular complexity index is 531. The Labute approximate surface area is 125 Å². The number of carbonyl (C=O) groups is 2. The minimum Gasteiger partial charge on any atom is -0.455 e. The summed E-state index contributed by atoms with van der Waals surface area (Å²) in [5.74, 6) is -0.749. The lowest BCUT2D eigenvalue weighted by Gasteiger charge is -2.11. The van der Waals surface area contributed by atoms with Gasteiger partial charge in [-0.15, -0.1) is 6.58 Å². The largest absolute Gasteiger partial charge is 0.455 e. The summed E-state index contributed by atoms with van der Waals surface area (Å²) in [6.07, 6.45) is 0.841. The van der Waals surface area contributed by atoms with E-state index < -0.39 is 12.1 Å². The molecule has 5 heteroatoms. The Morgan fingerprint density at radius 1 is 1.43 bits per heavy atom. The minimum absolute atomic E-state index is 0.202. The summed E-state index contributed by atoms with van der Waals surface area (Å²) < 4.78 is 12.2. The first-order chi connectivity index (χ1) is 9.92. The zero-order valence-electron chi connectivity index (χ0n) is 13.1. The van der Waals surface area contributed by atoms with Crippen LogP contribution in [0.4, 0.5) is 0 Å². The van der Waals surface area contributed by atoms with Crippen molar-refractivity contribution in [1.29, 1.82) is 0 Å². The van der Waals surface area contributed by atoms with Crippen LogP contribution in [0.3, 0.4) is 0 Å². The van der Waals surface area contributed by atoms with Crippen molar-refractivity contribution < 1.29 is 19.1 Å². The highest BCUT2D eigenvalue weighted by molar-refractivity contribution is 5.99. The van der Waals surface area contributed by atoms with Crippen molar-refractivity contribution in [3.8, 4) is 0 Å². The smallest absolute Gasteiger partial charge is 0.335 e. The number of Topliss-reactive ketones (excluding diaryl/α,β-unsaturated/α-hetero) is 1. The molecule has 0 aliphatic carbocycles. The quantitative estimate of drug-likeness (QED) is 0.420. The molecule has 0 saturated carbocycles. The Hall–Kier alpha value is -1.88. The molecular weight excluding hydrogens is 270 g/mol. The molecule has 0 aliphatic rings. The average Bonchev–Trinajstić information content (AvgIpc) is 2.76. The molecule has 0 aromatic carbocycles. The Kier molecular flexibility index (Phi) is 6.37. The Balaban J connectivity index is 2.62. The second-order valence-corrected chi connectivity index (χ2v) is 4.82. The van der Waals surface area contributed by atoms with Crippen molar-refractivity contribution >= 4 is 11.8 Å². The third-order valence-corrected chi connectivity index (χ3v) is 3.33. The SMILES string of the molecule is C=CCOC(C)C(=O)OCC(=O)c1cc(C)n(CC)c1C. The van der Waals surface area contributed by atoms with Gasteiger partial charge in [0.1, 0.15) is 0 Å². The molecule has 1 atom stereocenters. The van der Waals surface area contributed by atoms with Gasteiger partial charge in [0, 0.05) is 23.5 Å². The van der Waals surface area contributed by atoms with E-state index in [0.29, 0.717) is 5.56 Å². The molecule has 0 N–H and O–H groups in total. The fraction of sp³-hybridized carbons (Fsp3) is 0.500. The van der Waals surface area contributed by atoms with E-state index in [4.69, 9.17) is 9.47 Å².